The fourth-order valence-corrected chi connectivity index (χ4v) is 4.84. The van der Waals surface area contributed by atoms with Gasteiger partial charge in [0.05, 0.1) is 22.9 Å². The number of thiophene rings is 1. The smallest absolute Gasteiger partial charge is 0.271 e. The van der Waals surface area contributed by atoms with Crippen molar-refractivity contribution in [2.45, 2.75) is 12.1 Å². The van der Waals surface area contributed by atoms with Crippen LogP contribution in [0.25, 0.3) is 21.3 Å². The highest BCUT2D eigenvalue weighted by Crippen LogP contribution is 2.32. The zero-order valence-corrected chi connectivity index (χ0v) is 18.5. The van der Waals surface area contributed by atoms with E-state index in [2.05, 4.69) is 5.32 Å². The molecule has 2 aromatic heterocycles. The first-order valence-corrected chi connectivity index (χ1v) is 11.3. The van der Waals surface area contributed by atoms with E-state index in [4.69, 9.17) is 10.2 Å². The van der Waals surface area contributed by atoms with E-state index in [9.17, 15) is 9.59 Å². The molecule has 0 spiro atoms. The van der Waals surface area contributed by atoms with Crippen molar-refractivity contribution in [2.24, 2.45) is 7.05 Å². The van der Waals surface area contributed by atoms with Gasteiger partial charge in [-0.25, -0.2) is 4.98 Å². The van der Waals surface area contributed by atoms with Crippen LogP contribution in [0.15, 0.2) is 63.9 Å². The third-order valence-corrected chi connectivity index (χ3v) is 6.72. The first-order valence-electron chi connectivity index (χ1n) is 9.44. The van der Waals surface area contributed by atoms with Crippen molar-refractivity contribution in [3.8, 4) is 17.2 Å². The zero-order valence-electron chi connectivity index (χ0n) is 16.9. The van der Waals surface area contributed by atoms with Crippen LogP contribution in [0, 0.1) is 18.3 Å². The predicted molar refractivity (Wildman–Crippen MR) is 126 cm³/mol. The second kappa shape index (κ2) is 8.76. The summed E-state index contributed by atoms with van der Waals surface area (Å²) in [5, 5.41) is 14.2. The number of benzene rings is 2. The molecule has 4 rings (SSSR count). The van der Waals surface area contributed by atoms with Crippen molar-refractivity contribution in [3.63, 3.8) is 0 Å². The molecule has 2 heterocycles. The molecule has 0 unspecified atom stereocenters. The maximum absolute atomic E-state index is 12.8. The summed E-state index contributed by atoms with van der Waals surface area (Å²) >= 11 is 2.58. The molecule has 0 aliphatic heterocycles. The number of nitrogens with zero attached hydrogens (tertiary/aromatic N) is 3. The topological polar surface area (TPSA) is 87.8 Å². The van der Waals surface area contributed by atoms with Gasteiger partial charge in [-0.2, -0.15) is 5.26 Å². The Kier molecular flexibility index (Phi) is 5.89. The van der Waals surface area contributed by atoms with Gasteiger partial charge in [0, 0.05) is 23.7 Å². The van der Waals surface area contributed by atoms with Crippen LogP contribution in [0.2, 0.25) is 0 Å². The molecule has 4 aromatic rings. The van der Waals surface area contributed by atoms with Gasteiger partial charge in [0.1, 0.15) is 4.70 Å². The summed E-state index contributed by atoms with van der Waals surface area (Å²) in [6.07, 6.45) is 0. The van der Waals surface area contributed by atoms with E-state index in [-0.39, 0.29) is 17.2 Å². The highest BCUT2D eigenvalue weighted by molar-refractivity contribution is 7.99. The van der Waals surface area contributed by atoms with Crippen LogP contribution in [0.3, 0.4) is 0 Å². The molecular formula is C23H18N4O2S2. The minimum Gasteiger partial charge on any atom is -0.325 e. The van der Waals surface area contributed by atoms with E-state index in [1.165, 1.54) is 27.7 Å². The summed E-state index contributed by atoms with van der Waals surface area (Å²) in [6.45, 7) is 2.03. The van der Waals surface area contributed by atoms with Crippen LogP contribution in [0.1, 0.15) is 11.1 Å². The Hall–Kier alpha value is -3.41. The minimum atomic E-state index is -0.237. The first-order chi connectivity index (χ1) is 15.0. The SMILES string of the molecule is Cc1ccc(-c2csc3c(=O)n(C)c(SCC(=O)Nc4cccc(C#N)c4)nc23)cc1. The monoisotopic (exact) mass is 446 g/mol. The molecule has 0 aliphatic carbocycles. The molecule has 0 aliphatic rings. The average molecular weight is 447 g/mol. The zero-order chi connectivity index (χ0) is 22.0. The van der Waals surface area contributed by atoms with Crippen LogP contribution in [-0.2, 0) is 11.8 Å². The number of anilines is 1. The highest BCUT2D eigenvalue weighted by atomic mass is 32.2. The van der Waals surface area contributed by atoms with Crippen molar-refractivity contribution in [2.75, 3.05) is 11.1 Å². The van der Waals surface area contributed by atoms with Gasteiger partial charge in [0.15, 0.2) is 5.16 Å². The van der Waals surface area contributed by atoms with Crippen LogP contribution in [0.4, 0.5) is 5.69 Å². The number of nitriles is 1. The van der Waals surface area contributed by atoms with Crippen LogP contribution >= 0.6 is 23.1 Å². The van der Waals surface area contributed by atoms with Gasteiger partial charge >= 0.3 is 0 Å². The third kappa shape index (κ3) is 4.38. The Morgan fingerprint density at radius 2 is 2.03 bits per heavy atom. The lowest BCUT2D eigenvalue weighted by Gasteiger charge is -2.09. The molecule has 0 radical (unpaired) electrons. The number of carbonyl (C=O) groups excluding carboxylic acids is 1. The van der Waals surface area contributed by atoms with Crippen LogP contribution in [-0.4, -0.2) is 21.2 Å². The molecule has 31 heavy (non-hydrogen) atoms. The molecular weight excluding hydrogens is 428 g/mol. The number of rotatable bonds is 5. The van der Waals surface area contributed by atoms with Gasteiger partial charge in [-0.1, -0.05) is 47.7 Å². The molecule has 0 saturated carbocycles. The number of aryl methyl sites for hydroxylation is 1. The fraction of sp³-hybridized carbons (Fsp3) is 0.130. The molecule has 8 heteroatoms. The Morgan fingerprint density at radius 3 is 2.77 bits per heavy atom. The van der Waals surface area contributed by atoms with Crippen LogP contribution < -0.4 is 10.9 Å². The minimum absolute atomic E-state index is 0.0899. The summed E-state index contributed by atoms with van der Waals surface area (Å²) in [5.41, 5.74) is 4.64. The van der Waals surface area contributed by atoms with E-state index < -0.39 is 0 Å². The summed E-state index contributed by atoms with van der Waals surface area (Å²) in [4.78, 5) is 29.9. The Bertz CT molecular complexity index is 1380. The number of thioether (sulfide) groups is 1. The average Bonchev–Trinajstić information content (AvgIpc) is 3.20. The fourth-order valence-electron chi connectivity index (χ4n) is 3.08. The molecule has 6 nitrogen and oxygen atoms in total. The number of fused-ring (bicyclic) bond motifs is 1. The van der Waals surface area contributed by atoms with E-state index in [1.807, 2.05) is 42.6 Å². The van der Waals surface area contributed by atoms with E-state index in [0.717, 1.165) is 16.7 Å². The molecule has 1 amide bonds. The predicted octanol–water partition coefficient (Wildman–Crippen LogP) is 4.57. The van der Waals surface area contributed by atoms with E-state index >= 15 is 0 Å². The standard InChI is InChI=1S/C23H18N4O2S2/c1-14-6-8-16(9-7-14)18-12-30-21-20(18)26-23(27(2)22(21)29)31-13-19(28)25-17-5-3-4-15(10-17)11-24/h3-10,12H,13H2,1-2H3,(H,25,28). The Balaban J connectivity index is 1.58. The maximum Gasteiger partial charge on any atom is 0.271 e. The quantitative estimate of drug-likeness (QED) is 0.358. The number of hydrogen-bond donors (Lipinski definition) is 1. The number of carbonyl (C=O) groups is 1. The Labute approximate surface area is 187 Å². The number of aromatic nitrogens is 2. The van der Waals surface area contributed by atoms with Crippen molar-refractivity contribution in [1.82, 2.24) is 9.55 Å². The summed E-state index contributed by atoms with van der Waals surface area (Å²) < 4.78 is 2.08. The molecule has 1 N–H and O–H groups in total. The second-order valence-electron chi connectivity index (χ2n) is 6.98. The highest BCUT2D eigenvalue weighted by Gasteiger charge is 2.16. The third-order valence-electron chi connectivity index (χ3n) is 4.73. The van der Waals surface area contributed by atoms with Crippen molar-refractivity contribution < 1.29 is 4.79 Å². The van der Waals surface area contributed by atoms with Gasteiger partial charge in [-0.15, -0.1) is 11.3 Å². The van der Waals surface area contributed by atoms with Crippen LogP contribution in [0.5, 0.6) is 0 Å². The lowest BCUT2D eigenvalue weighted by molar-refractivity contribution is -0.113. The van der Waals surface area contributed by atoms with E-state index in [0.29, 0.717) is 26.6 Å². The van der Waals surface area contributed by atoms with E-state index in [1.54, 1.807) is 31.3 Å². The molecule has 0 atom stereocenters. The molecule has 2 aromatic carbocycles. The molecule has 0 fully saturated rings. The summed E-state index contributed by atoms with van der Waals surface area (Å²) in [5.74, 6) is -0.148. The van der Waals surface area contributed by atoms with Crippen molar-refractivity contribution in [1.29, 1.82) is 5.26 Å². The van der Waals surface area contributed by atoms with Gasteiger partial charge in [0.2, 0.25) is 5.91 Å². The molecule has 0 bridgehead atoms. The Morgan fingerprint density at radius 1 is 1.26 bits per heavy atom. The molecule has 0 saturated heterocycles. The summed E-state index contributed by atoms with van der Waals surface area (Å²) in [6, 6.07) is 16.9. The second-order valence-corrected chi connectivity index (χ2v) is 8.80. The summed E-state index contributed by atoms with van der Waals surface area (Å²) in [7, 11) is 1.66. The largest absolute Gasteiger partial charge is 0.325 e. The number of hydrogen-bond acceptors (Lipinski definition) is 6. The van der Waals surface area contributed by atoms with Gasteiger partial charge < -0.3 is 5.32 Å². The van der Waals surface area contributed by atoms with Gasteiger partial charge in [-0.3, -0.25) is 14.2 Å². The lowest BCUT2D eigenvalue weighted by atomic mass is 10.1. The van der Waals surface area contributed by atoms with Crippen molar-refractivity contribution >= 4 is 44.9 Å². The number of amides is 1. The molecule has 154 valence electrons. The van der Waals surface area contributed by atoms with Gasteiger partial charge in [-0.05, 0) is 30.7 Å². The van der Waals surface area contributed by atoms with Gasteiger partial charge in [0.25, 0.3) is 5.56 Å². The lowest BCUT2D eigenvalue weighted by Crippen LogP contribution is -2.20. The first kappa shape index (κ1) is 20.8. The maximum atomic E-state index is 12.8. The van der Waals surface area contributed by atoms with Crippen molar-refractivity contribution in [3.05, 3.63) is 75.4 Å². The number of nitrogens with one attached hydrogen (secondary N) is 1. The normalized spacial score (nSPS) is 10.7.